The first-order valence-electron chi connectivity index (χ1n) is 9.60. The average Bonchev–Trinajstić information content (AvgIpc) is 3.09. The molecule has 0 aliphatic carbocycles. The highest BCUT2D eigenvalue weighted by molar-refractivity contribution is 6.01. The molecule has 142 valence electrons. The summed E-state index contributed by atoms with van der Waals surface area (Å²) in [6.45, 7) is 6.67. The number of amides is 2. The van der Waals surface area contributed by atoms with Crippen molar-refractivity contribution in [3.8, 4) is 0 Å². The SMILES string of the molecule is CCC(C)c1ccccc1N1CC(C(=O)NC(C)c2cccnc2)CC1=O. The molecule has 0 radical (unpaired) electrons. The molecule has 3 unspecified atom stereocenters. The molecule has 3 atom stereocenters. The van der Waals surface area contributed by atoms with Crippen LogP contribution in [0, 0.1) is 5.92 Å². The first-order chi connectivity index (χ1) is 13.0. The normalized spacial score (nSPS) is 19.0. The summed E-state index contributed by atoms with van der Waals surface area (Å²) in [7, 11) is 0. The van der Waals surface area contributed by atoms with Gasteiger partial charge in [0.05, 0.1) is 12.0 Å². The van der Waals surface area contributed by atoms with Crippen molar-refractivity contribution in [1.82, 2.24) is 10.3 Å². The molecule has 1 aromatic carbocycles. The lowest BCUT2D eigenvalue weighted by Crippen LogP contribution is -2.34. The molecule has 1 saturated heterocycles. The number of anilines is 1. The minimum Gasteiger partial charge on any atom is -0.349 e. The van der Waals surface area contributed by atoms with Gasteiger partial charge in [-0.15, -0.1) is 0 Å². The third-order valence-corrected chi connectivity index (χ3v) is 5.41. The number of pyridine rings is 1. The van der Waals surface area contributed by atoms with E-state index < -0.39 is 0 Å². The predicted molar refractivity (Wildman–Crippen MR) is 106 cm³/mol. The summed E-state index contributed by atoms with van der Waals surface area (Å²) in [5.41, 5.74) is 3.06. The number of benzene rings is 1. The Hall–Kier alpha value is -2.69. The lowest BCUT2D eigenvalue weighted by Gasteiger charge is -2.23. The van der Waals surface area contributed by atoms with Gasteiger partial charge in [-0.05, 0) is 42.5 Å². The van der Waals surface area contributed by atoms with Gasteiger partial charge in [-0.25, -0.2) is 0 Å². The van der Waals surface area contributed by atoms with E-state index in [1.54, 1.807) is 17.3 Å². The smallest absolute Gasteiger partial charge is 0.227 e. The highest BCUT2D eigenvalue weighted by Gasteiger charge is 2.36. The number of hydrogen-bond acceptors (Lipinski definition) is 3. The van der Waals surface area contributed by atoms with Gasteiger partial charge in [0.25, 0.3) is 0 Å². The molecule has 27 heavy (non-hydrogen) atoms. The van der Waals surface area contributed by atoms with Crippen molar-refractivity contribution >= 4 is 17.5 Å². The fraction of sp³-hybridized carbons (Fsp3) is 0.409. The van der Waals surface area contributed by atoms with E-state index in [1.807, 2.05) is 37.3 Å². The number of hydrogen-bond donors (Lipinski definition) is 1. The van der Waals surface area contributed by atoms with E-state index in [1.165, 1.54) is 0 Å². The average molecular weight is 365 g/mol. The van der Waals surface area contributed by atoms with Gasteiger partial charge in [0.1, 0.15) is 0 Å². The Morgan fingerprint density at radius 3 is 2.74 bits per heavy atom. The van der Waals surface area contributed by atoms with Crippen LogP contribution in [0.1, 0.15) is 56.7 Å². The summed E-state index contributed by atoms with van der Waals surface area (Å²) in [6, 6.07) is 11.7. The van der Waals surface area contributed by atoms with Crippen LogP contribution in [0.5, 0.6) is 0 Å². The van der Waals surface area contributed by atoms with Crippen molar-refractivity contribution in [2.24, 2.45) is 5.92 Å². The second-order valence-electron chi connectivity index (χ2n) is 7.29. The maximum Gasteiger partial charge on any atom is 0.227 e. The van der Waals surface area contributed by atoms with Gasteiger partial charge in [0.2, 0.25) is 11.8 Å². The molecule has 0 spiro atoms. The van der Waals surface area contributed by atoms with E-state index in [0.717, 1.165) is 23.2 Å². The molecule has 0 saturated carbocycles. The van der Waals surface area contributed by atoms with Crippen molar-refractivity contribution in [1.29, 1.82) is 0 Å². The minimum absolute atomic E-state index is 0.0138. The lowest BCUT2D eigenvalue weighted by molar-refractivity contribution is -0.126. The van der Waals surface area contributed by atoms with E-state index in [4.69, 9.17) is 0 Å². The van der Waals surface area contributed by atoms with Gasteiger partial charge in [0.15, 0.2) is 0 Å². The molecule has 2 amide bonds. The van der Waals surface area contributed by atoms with E-state index in [-0.39, 0.29) is 30.2 Å². The largest absolute Gasteiger partial charge is 0.349 e. The van der Waals surface area contributed by atoms with Crippen LogP contribution in [-0.4, -0.2) is 23.3 Å². The second-order valence-corrected chi connectivity index (χ2v) is 7.29. The molecule has 5 nitrogen and oxygen atoms in total. The molecule has 1 aliphatic rings. The topological polar surface area (TPSA) is 62.3 Å². The van der Waals surface area contributed by atoms with Crippen LogP contribution in [-0.2, 0) is 9.59 Å². The van der Waals surface area contributed by atoms with Gasteiger partial charge < -0.3 is 10.2 Å². The van der Waals surface area contributed by atoms with Crippen LogP contribution in [0.4, 0.5) is 5.69 Å². The maximum absolute atomic E-state index is 12.7. The Morgan fingerprint density at radius 1 is 1.26 bits per heavy atom. The van der Waals surface area contributed by atoms with Gasteiger partial charge >= 0.3 is 0 Å². The zero-order valence-electron chi connectivity index (χ0n) is 16.2. The quantitative estimate of drug-likeness (QED) is 0.846. The molecule has 3 rings (SSSR count). The summed E-state index contributed by atoms with van der Waals surface area (Å²) in [5.74, 6) is -0.0303. The van der Waals surface area contributed by atoms with Gasteiger partial charge in [-0.2, -0.15) is 0 Å². The number of nitrogens with zero attached hydrogens (tertiary/aromatic N) is 2. The molecule has 0 bridgehead atoms. The summed E-state index contributed by atoms with van der Waals surface area (Å²) in [4.78, 5) is 31.2. The molecule has 1 aromatic heterocycles. The zero-order chi connectivity index (χ0) is 19.4. The number of rotatable bonds is 6. The summed E-state index contributed by atoms with van der Waals surface area (Å²) < 4.78 is 0. The Labute approximate surface area is 160 Å². The van der Waals surface area contributed by atoms with E-state index in [0.29, 0.717) is 12.5 Å². The second kappa shape index (κ2) is 8.33. The summed E-state index contributed by atoms with van der Waals surface area (Å²) in [6.07, 6.45) is 4.71. The number of nitrogens with one attached hydrogen (secondary N) is 1. The van der Waals surface area contributed by atoms with Crippen molar-refractivity contribution < 1.29 is 9.59 Å². The first-order valence-corrected chi connectivity index (χ1v) is 9.60. The lowest BCUT2D eigenvalue weighted by atomic mass is 9.96. The van der Waals surface area contributed by atoms with Gasteiger partial charge in [-0.1, -0.05) is 38.1 Å². The fourth-order valence-corrected chi connectivity index (χ4v) is 3.53. The van der Waals surface area contributed by atoms with E-state index in [2.05, 4.69) is 30.2 Å². The molecule has 2 aromatic rings. The van der Waals surface area contributed by atoms with Crippen LogP contribution >= 0.6 is 0 Å². The summed E-state index contributed by atoms with van der Waals surface area (Å²) >= 11 is 0. The Kier molecular flexibility index (Phi) is 5.89. The van der Waals surface area contributed by atoms with Crippen LogP contribution in [0.25, 0.3) is 0 Å². The Bertz CT molecular complexity index is 806. The summed E-state index contributed by atoms with van der Waals surface area (Å²) in [5, 5.41) is 3.02. The standard InChI is InChI=1S/C22H27N3O2/c1-4-15(2)19-9-5-6-10-20(19)25-14-18(12-21(25)26)22(27)24-16(3)17-8-7-11-23-13-17/h5-11,13,15-16,18H,4,12,14H2,1-3H3,(H,24,27). The van der Waals surface area contributed by atoms with E-state index in [9.17, 15) is 9.59 Å². The molecule has 1 aliphatic heterocycles. The molecule has 5 heteroatoms. The van der Waals surface area contributed by atoms with Gasteiger partial charge in [-0.3, -0.25) is 14.6 Å². The number of para-hydroxylation sites is 1. The molecular weight excluding hydrogens is 338 g/mol. The fourth-order valence-electron chi connectivity index (χ4n) is 3.53. The predicted octanol–water partition coefficient (Wildman–Crippen LogP) is 3.83. The zero-order valence-corrected chi connectivity index (χ0v) is 16.2. The highest BCUT2D eigenvalue weighted by Crippen LogP contribution is 2.33. The number of carbonyl (C=O) groups is 2. The van der Waals surface area contributed by atoms with Crippen molar-refractivity contribution in [3.05, 3.63) is 59.9 Å². The third-order valence-electron chi connectivity index (χ3n) is 5.41. The molecule has 1 N–H and O–H groups in total. The van der Waals surface area contributed by atoms with Crippen molar-refractivity contribution in [2.45, 2.75) is 45.6 Å². The highest BCUT2D eigenvalue weighted by atomic mass is 16.2. The molecular formula is C22H27N3O2. The third kappa shape index (κ3) is 4.18. The van der Waals surface area contributed by atoms with Crippen LogP contribution in [0.2, 0.25) is 0 Å². The minimum atomic E-state index is -0.332. The molecule has 2 heterocycles. The molecule has 1 fully saturated rings. The Balaban J connectivity index is 1.71. The first kappa shape index (κ1) is 19.1. The van der Waals surface area contributed by atoms with E-state index >= 15 is 0 Å². The van der Waals surface area contributed by atoms with Crippen LogP contribution in [0.3, 0.4) is 0 Å². The number of carbonyl (C=O) groups excluding carboxylic acids is 2. The van der Waals surface area contributed by atoms with Crippen LogP contribution < -0.4 is 10.2 Å². The van der Waals surface area contributed by atoms with Crippen molar-refractivity contribution in [2.75, 3.05) is 11.4 Å². The maximum atomic E-state index is 12.7. The van der Waals surface area contributed by atoms with Gasteiger partial charge in [0, 0.05) is 31.0 Å². The Morgan fingerprint density at radius 2 is 2.04 bits per heavy atom. The van der Waals surface area contributed by atoms with Crippen molar-refractivity contribution in [3.63, 3.8) is 0 Å². The monoisotopic (exact) mass is 365 g/mol. The van der Waals surface area contributed by atoms with Crippen LogP contribution in [0.15, 0.2) is 48.8 Å². The number of aromatic nitrogens is 1.